The molecule has 3 nitrogen and oxygen atoms in total. The molecule has 3 heteroatoms. The fraction of sp³-hybridized carbons (Fsp3) is 0.667. The van der Waals surface area contributed by atoms with E-state index >= 15 is 0 Å². The van der Waals surface area contributed by atoms with Gasteiger partial charge in [-0.05, 0) is 42.7 Å². The molecule has 132 valence electrons. The van der Waals surface area contributed by atoms with E-state index < -0.39 is 0 Å². The molecule has 0 radical (unpaired) electrons. The molecule has 0 aromatic heterocycles. The molecule has 1 heterocycles. The summed E-state index contributed by atoms with van der Waals surface area (Å²) in [4.78, 5) is 14.9. The average Bonchev–Trinajstić information content (AvgIpc) is 2.97. The average molecular weight is 329 g/mol. The second kappa shape index (κ2) is 7.26. The number of benzene rings is 1. The number of ether oxygens (including phenoxy) is 1. The van der Waals surface area contributed by atoms with Crippen LogP contribution in [0.15, 0.2) is 24.3 Å². The maximum Gasteiger partial charge on any atom is 0.227 e. The maximum atomic E-state index is 12.8. The zero-order valence-electron chi connectivity index (χ0n) is 15.4. The Morgan fingerprint density at radius 3 is 2.62 bits per heavy atom. The van der Waals surface area contributed by atoms with Crippen LogP contribution in [0.25, 0.3) is 0 Å². The van der Waals surface area contributed by atoms with Crippen LogP contribution in [0.1, 0.15) is 63.0 Å². The van der Waals surface area contributed by atoms with E-state index in [2.05, 4.69) is 43.0 Å². The van der Waals surface area contributed by atoms with Gasteiger partial charge >= 0.3 is 0 Å². The molecule has 1 saturated carbocycles. The molecule has 1 aliphatic heterocycles. The van der Waals surface area contributed by atoms with Crippen LogP contribution < -0.4 is 0 Å². The van der Waals surface area contributed by atoms with Crippen LogP contribution in [0, 0.1) is 5.41 Å². The van der Waals surface area contributed by atoms with Crippen molar-refractivity contribution in [1.29, 1.82) is 0 Å². The lowest BCUT2D eigenvalue weighted by molar-refractivity contribution is -0.136. The number of methoxy groups -OCH3 is 1. The molecule has 0 unspecified atom stereocenters. The second-order valence-electron chi connectivity index (χ2n) is 7.97. The highest BCUT2D eigenvalue weighted by atomic mass is 16.5. The van der Waals surface area contributed by atoms with Gasteiger partial charge in [0.1, 0.15) is 0 Å². The van der Waals surface area contributed by atoms with Crippen molar-refractivity contribution >= 4 is 5.91 Å². The van der Waals surface area contributed by atoms with Crippen molar-refractivity contribution in [3.05, 3.63) is 35.4 Å². The van der Waals surface area contributed by atoms with Gasteiger partial charge in [-0.2, -0.15) is 0 Å². The minimum Gasteiger partial charge on any atom is -0.381 e. The Morgan fingerprint density at radius 1 is 1.25 bits per heavy atom. The highest BCUT2D eigenvalue weighted by Gasteiger charge is 2.46. The lowest BCUT2D eigenvalue weighted by Crippen LogP contribution is -2.50. The quantitative estimate of drug-likeness (QED) is 0.830. The SMILES string of the molecule is CO[C@@H]1CCC[C@]12CCCN(C(=O)Cc1ccc(C(C)C)cc1)C2. The number of nitrogens with zero attached hydrogens (tertiary/aromatic N) is 1. The van der Waals surface area contributed by atoms with E-state index in [1.807, 2.05) is 7.11 Å². The summed E-state index contributed by atoms with van der Waals surface area (Å²) >= 11 is 0. The van der Waals surface area contributed by atoms with E-state index in [4.69, 9.17) is 4.74 Å². The molecule has 1 aliphatic carbocycles. The van der Waals surface area contributed by atoms with E-state index in [1.165, 1.54) is 24.8 Å². The summed E-state index contributed by atoms with van der Waals surface area (Å²) in [6.45, 7) is 6.18. The lowest BCUT2D eigenvalue weighted by atomic mass is 9.76. The molecule has 1 aromatic rings. The molecule has 2 fully saturated rings. The minimum atomic E-state index is 0.212. The molecule has 0 N–H and O–H groups in total. The van der Waals surface area contributed by atoms with Gasteiger partial charge in [-0.15, -0.1) is 0 Å². The third-order valence-corrected chi connectivity index (χ3v) is 6.07. The molecule has 1 aromatic carbocycles. The number of likely N-dealkylation sites (tertiary alicyclic amines) is 1. The summed E-state index contributed by atoms with van der Waals surface area (Å²) in [5.41, 5.74) is 2.67. The number of carbonyl (C=O) groups excluding carboxylic acids is 1. The van der Waals surface area contributed by atoms with E-state index in [9.17, 15) is 4.79 Å². The molecule has 1 saturated heterocycles. The zero-order chi connectivity index (χ0) is 17.2. The number of hydrogen-bond acceptors (Lipinski definition) is 2. The van der Waals surface area contributed by atoms with E-state index in [0.717, 1.165) is 31.5 Å². The molecular weight excluding hydrogens is 298 g/mol. The normalized spacial score (nSPS) is 27.2. The van der Waals surface area contributed by atoms with Crippen molar-refractivity contribution in [3.8, 4) is 0 Å². The van der Waals surface area contributed by atoms with Gasteiger partial charge in [0.2, 0.25) is 5.91 Å². The number of carbonyl (C=O) groups is 1. The predicted octanol–water partition coefficient (Wildman–Crippen LogP) is 4.16. The van der Waals surface area contributed by atoms with Gasteiger partial charge in [0.25, 0.3) is 0 Å². The molecule has 1 spiro atoms. The van der Waals surface area contributed by atoms with Crippen molar-refractivity contribution in [2.24, 2.45) is 5.41 Å². The Kier molecular flexibility index (Phi) is 5.29. The highest BCUT2D eigenvalue weighted by Crippen LogP contribution is 2.46. The summed E-state index contributed by atoms with van der Waals surface area (Å²) in [6, 6.07) is 8.53. The Balaban J connectivity index is 1.64. The fourth-order valence-corrected chi connectivity index (χ4v) is 4.62. The van der Waals surface area contributed by atoms with Gasteiger partial charge in [0, 0.05) is 25.6 Å². The molecule has 0 bridgehead atoms. The monoisotopic (exact) mass is 329 g/mol. The van der Waals surface area contributed by atoms with Crippen molar-refractivity contribution in [1.82, 2.24) is 4.90 Å². The molecule has 3 rings (SSSR count). The highest BCUT2D eigenvalue weighted by molar-refractivity contribution is 5.79. The minimum absolute atomic E-state index is 0.212. The van der Waals surface area contributed by atoms with Crippen LogP contribution >= 0.6 is 0 Å². The first kappa shape index (κ1) is 17.5. The zero-order valence-corrected chi connectivity index (χ0v) is 15.4. The fourth-order valence-electron chi connectivity index (χ4n) is 4.62. The standard InChI is InChI=1S/C21H31NO2/c1-16(2)18-9-7-17(8-10-18)14-20(23)22-13-5-12-21(15-22)11-4-6-19(21)24-3/h7-10,16,19H,4-6,11-15H2,1-3H3/t19-,21-/m1/s1. The van der Waals surface area contributed by atoms with Crippen LogP contribution in [0.2, 0.25) is 0 Å². The van der Waals surface area contributed by atoms with Gasteiger partial charge in [-0.3, -0.25) is 4.79 Å². The Labute approximate surface area is 146 Å². The van der Waals surface area contributed by atoms with Crippen LogP contribution in [0.4, 0.5) is 0 Å². The van der Waals surface area contributed by atoms with Gasteiger partial charge < -0.3 is 9.64 Å². The van der Waals surface area contributed by atoms with E-state index in [-0.39, 0.29) is 11.3 Å². The van der Waals surface area contributed by atoms with Gasteiger partial charge in [-0.1, -0.05) is 44.5 Å². The summed E-state index contributed by atoms with van der Waals surface area (Å²) < 4.78 is 5.75. The largest absolute Gasteiger partial charge is 0.381 e. The smallest absolute Gasteiger partial charge is 0.227 e. The summed E-state index contributed by atoms with van der Waals surface area (Å²) in [5, 5.41) is 0. The molecule has 1 amide bonds. The van der Waals surface area contributed by atoms with Crippen molar-refractivity contribution in [3.63, 3.8) is 0 Å². The van der Waals surface area contributed by atoms with Crippen molar-refractivity contribution in [2.45, 2.75) is 64.4 Å². The van der Waals surface area contributed by atoms with Gasteiger partial charge in [0.15, 0.2) is 0 Å². The van der Waals surface area contributed by atoms with Gasteiger partial charge in [-0.25, -0.2) is 0 Å². The van der Waals surface area contributed by atoms with Crippen molar-refractivity contribution in [2.75, 3.05) is 20.2 Å². The second-order valence-corrected chi connectivity index (χ2v) is 7.97. The summed E-state index contributed by atoms with van der Waals surface area (Å²) in [6.07, 6.45) is 6.76. The van der Waals surface area contributed by atoms with Crippen LogP contribution in [0.5, 0.6) is 0 Å². The van der Waals surface area contributed by atoms with Crippen molar-refractivity contribution < 1.29 is 9.53 Å². The summed E-state index contributed by atoms with van der Waals surface area (Å²) in [7, 11) is 1.83. The summed E-state index contributed by atoms with van der Waals surface area (Å²) in [5.74, 6) is 0.804. The van der Waals surface area contributed by atoms with Gasteiger partial charge in [0.05, 0.1) is 12.5 Å². The Hall–Kier alpha value is -1.35. The Morgan fingerprint density at radius 2 is 1.96 bits per heavy atom. The molecule has 2 atom stereocenters. The van der Waals surface area contributed by atoms with E-state index in [1.54, 1.807) is 0 Å². The first-order valence-electron chi connectivity index (χ1n) is 9.43. The number of amides is 1. The molecule has 2 aliphatic rings. The van der Waals surface area contributed by atoms with Crippen LogP contribution in [0.3, 0.4) is 0 Å². The third-order valence-electron chi connectivity index (χ3n) is 6.07. The Bertz CT molecular complexity index is 566. The first-order chi connectivity index (χ1) is 11.5. The lowest BCUT2D eigenvalue weighted by Gasteiger charge is -2.43. The first-order valence-corrected chi connectivity index (χ1v) is 9.43. The molecular formula is C21H31NO2. The number of piperidine rings is 1. The predicted molar refractivity (Wildman–Crippen MR) is 97.1 cm³/mol. The molecule has 24 heavy (non-hydrogen) atoms. The number of hydrogen-bond donors (Lipinski definition) is 0. The third kappa shape index (κ3) is 3.51. The van der Waals surface area contributed by atoms with Crippen LogP contribution in [-0.2, 0) is 16.0 Å². The van der Waals surface area contributed by atoms with Crippen LogP contribution in [-0.4, -0.2) is 37.1 Å². The number of rotatable bonds is 4. The van der Waals surface area contributed by atoms with E-state index in [0.29, 0.717) is 18.4 Å². The topological polar surface area (TPSA) is 29.5 Å². The maximum absolute atomic E-state index is 12.8.